The summed E-state index contributed by atoms with van der Waals surface area (Å²) in [6.07, 6.45) is 0.732. The highest BCUT2D eigenvalue weighted by atomic mass is 16.5. The number of ether oxygens (including phenoxy) is 1. The Labute approximate surface area is 155 Å². The lowest BCUT2D eigenvalue weighted by Crippen LogP contribution is -2.48. The molecule has 1 fully saturated rings. The van der Waals surface area contributed by atoms with Gasteiger partial charge in [-0.05, 0) is 26.2 Å². The first-order valence-electron chi connectivity index (χ1n) is 9.05. The van der Waals surface area contributed by atoms with Crippen LogP contribution in [0.5, 0.6) is 0 Å². The Kier molecular flexibility index (Phi) is 7.50. The highest BCUT2D eigenvalue weighted by Gasteiger charge is 2.35. The van der Waals surface area contributed by atoms with Crippen molar-refractivity contribution in [2.75, 3.05) is 19.8 Å². The third kappa shape index (κ3) is 7.23. The van der Waals surface area contributed by atoms with Crippen LogP contribution in [-0.2, 0) is 23.9 Å². The second-order valence-corrected chi connectivity index (χ2v) is 8.71. The number of carbonyl (C=O) groups excluding carboxylic acids is 4. The molecule has 0 aromatic rings. The molecular formula is C19H32N2O5. The minimum Gasteiger partial charge on any atom is -0.378 e. The minimum atomic E-state index is -0.588. The summed E-state index contributed by atoms with van der Waals surface area (Å²) in [5.74, 6) is -0.842. The zero-order valence-corrected chi connectivity index (χ0v) is 16.8. The second-order valence-electron chi connectivity index (χ2n) is 8.71. The van der Waals surface area contributed by atoms with Crippen molar-refractivity contribution in [3.05, 3.63) is 0 Å². The normalized spacial score (nSPS) is 18.4. The van der Waals surface area contributed by atoms with Crippen molar-refractivity contribution in [2.45, 2.75) is 66.3 Å². The van der Waals surface area contributed by atoms with Crippen molar-refractivity contribution in [1.29, 1.82) is 0 Å². The van der Waals surface area contributed by atoms with Crippen molar-refractivity contribution < 1.29 is 23.9 Å². The number of likely N-dealkylation sites (tertiary alicyclic amines) is 1. The predicted molar refractivity (Wildman–Crippen MR) is 97.2 cm³/mol. The Morgan fingerprint density at radius 3 is 2.31 bits per heavy atom. The van der Waals surface area contributed by atoms with Gasteiger partial charge in [-0.1, -0.05) is 20.8 Å². The number of amides is 3. The molecule has 0 bridgehead atoms. The molecule has 1 atom stereocenters. The van der Waals surface area contributed by atoms with Gasteiger partial charge in [-0.15, -0.1) is 0 Å². The molecule has 1 N–H and O–H groups in total. The van der Waals surface area contributed by atoms with E-state index in [9.17, 15) is 19.2 Å². The molecule has 1 unspecified atom stereocenters. The van der Waals surface area contributed by atoms with Gasteiger partial charge in [0.15, 0.2) is 0 Å². The van der Waals surface area contributed by atoms with E-state index in [1.54, 1.807) is 13.8 Å². The van der Waals surface area contributed by atoms with Crippen molar-refractivity contribution >= 4 is 23.5 Å². The zero-order valence-electron chi connectivity index (χ0n) is 16.8. The molecule has 148 valence electrons. The average Bonchev–Trinajstić information content (AvgIpc) is 2.67. The molecule has 3 amide bonds. The molecule has 1 aliphatic heterocycles. The summed E-state index contributed by atoms with van der Waals surface area (Å²) >= 11 is 0. The van der Waals surface area contributed by atoms with Crippen LogP contribution >= 0.6 is 0 Å². The Bertz CT molecular complexity index is 568. The van der Waals surface area contributed by atoms with Gasteiger partial charge in [0.05, 0.1) is 18.8 Å². The molecule has 0 aromatic heterocycles. The molecule has 0 aromatic carbocycles. The van der Waals surface area contributed by atoms with E-state index in [-0.39, 0.29) is 54.2 Å². The number of hydrogen-bond donors (Lipinski definition) is 1. The van der Waals surface area contributed by atoms with Crippen molar-refractivity contribution in [1.82, 2.24) is 10.2 Å². The van der Waals surface area contributed by atoms with Crippen LogP contribution in [0.1, 0.15) is 60.8 Å². The number of Topliss-reactive ketones (excluding diaryl/α,β-unsaturated/α-hetero) is 1. The van der Waals surface area contributed by atoms with Gasteiger partial charge in [0.1, 0.15) is 5.78 Å². The summed E-state index contributed by atoms with van der Waals surface area (Å²) in [4.78, 5) is 48.2. The van der Waals surface area contributed by atoms with E-state index in [1.807, 2.05) is 27.7 Å². The molecule has 0 radical (unpaired) electrons. The highest BCUT2D eigenvalue weighted by molar-refractivity contribution is 6.03. The topological polar surface area (TPSA) is 92.8 Å². The van der Waals surface area contributed by atoms with Gasteiger partial charge in [-0.3, -0.25) is 19.3 Å². The summed E-state index contributed by atoms with van der Waals surface area (Å²) in [6.45, 7) is 11.7. The first-order chi connectivity index (χ1) is 11.8. The van der Waals surface area contributed by atoms with Crippen LogP contribution in [0.25, 0.3) is 0 Å². The van der Waals surface area contributed by atoms with Gasteiger partial charge in [0.25, 0.3) is 0 Å². The standard InChI is InChI=1S/C19H32N2O5/c1-13-9-16(24)21(17(13)25)8-7-15(23)20-19(5,6)12-26-11-18(3,4)10-14(2)22/h13H,7-12H2,1-6H3,(H,20,23). The molecule has 0 saturated carbocycles. The monoisotopic (exact) mass is 368 g/mol. The molecule has 1 heterocycles. The van der Waals surface area contributed by atoms with Crippen LogP contribution in [0.15, 0.2) is 0 Å². The number of nitrogens with zero attached hydrogens (tertiary/aromatic N) is 1. The van der Waals surface area contributed by atoms with Crippen LogP contribution in [0.4, 0.5) is 0 Å². The summed E-state index contributed by atoms with van der Waals surface area (Å²) in [7, 11) is 0. The summed E-state index contributed by atoms with van der Waals surface area (Å²) in [5.41, 5.74) is -0.838. The zero-order chi connectivity index (χ0) is 20.1. The van der Waals surface area contributed by atoms with Crippen molar-refractivity contribution in [3.63, 3.8) is 0 Å². The second kappa shape index (κ2) is 8.75. The molecule has 1 aliphatic rings. The highest BCUT2D eigenvalue weighted by Crippen LogP contribution is 2.22. The minimum absolute atomic E-state index is 0.0729. The number of nitrogens with one attached hydrogen (secondary N) is 1. The van der Waals surface area contributed by atoms with Gasteiger partial charge in [0, 0.05) is 31.7 Å². The first kappa shape index (κ1) is 22.3. The van der Waals surface area contributed by atoms with E-state index in [2.05, 4.69) is 5.32 Å². The maximum absolute atomic E-state index is 12.2. The van der Waals surface area contributed by atoms with Gasteiger partial charge in [-0.25, -0.2) is 0 Å². The lowest BCUT2D eigenvalue weighted by molar-refractivity contribution is -0.139. The Hall–Kier alpha value is -1.76. The van der Waals surface area contributed by atoms with Crippen LogP contribution in [0.3, 0.4) is 0 Å². The summed E-state index contributed by atoms with van der Waals surface area (Å²) in [5, 5.41) is 2.87. The molecule has 7 heteroatoms. The van der Waals surface area contributed by atoms with Gasteiger partial charge < -0.3 is 14.8 Å². The molecule has 1 saturated heterocycles. The number of hydrogen-bond acceptors (Lipinski definition) is 5. The quantitative estimate of drug-likeness (QED) is 0.592. The van der Waals surface area contributed by atoms with Gasteiger partial charge >= 0.3 is 0 Å². The lowest BCUT2D eigenvalue weighted by Gasteiger charge is -2.29. The maximum atomic E-state index is 12.2. The van der Waals surface area contributed by atoms with Gasteiger partial charge in [-0.2, -0.15) is 0 Å². The molecular weight excluding hydrogens is 336 g/mol. The third-order valence-electron chi connectivity index (χ3n) is 4.19. The number of carbonyl (C=O) groups is 4. The van der Waals surface area contributed by atoms with Crippen molar-refractivity contribution in [3.8, 4) is 0 Å². The van der Waals surface area contributed by atoms with Crippen molar-refractivity contribution in [2.24, 2.45) is 11.3 Å². The largest absolute Gasteiger partial charge is 0.378 e. The molecule has 1 rings (SSSR count). The maximum Gasteiger partial charge on any atom is 0.232 e. The molecule has 7 nitrogen and oxygen atoms in total. The first-order valence-corrected chi connectivity index (χ1v) is 9.05. The molecule has 0 spiro atoms. The van der Waals surface area contributed by atoms with E-state index in [0.29, 0.717) is 19.6 Å². The fraction of sp³-hybridized carbons (Fsp3) is 0.789. The SMILES string of the molecule is CC(=O)CC(C)(C)COCC(C)(C)NC(=O)CCN1C(=O)CC(C)C1=O. The van der Waals surface area contributed by atoms with E-state index < -0.39 is 5.54 Å². The van der Waals surface area contributed by atoms with E-state index in [0.717, 1.165) is 4.90 Å². The molecule has 0 aliphatic carbocycles. The third-order valence-corrected chi connectivity index (χ3v) is 4.19. The van der Waals surface area contributed by atoms with E-state index in [4.69, 9.17) is 4.74 Å². The Balaban J connectivity index is 2.39. The smallest absolute Gasteiger partial charge is 0.232 e. The van der Waals surface area contributed by atoms with E-state index in [1.165, 1.54) is 0 Å². The number of ketones is 1. The number of rotatable bonds is 10. The fourth-order valence-electron chi connectivity index (χ4n) is 3.08. The van der Waals surface area contributed by atoms with E-state index >= 15 is 0 Å². The fourth-order valence-corrected chi connectivity index (χ4v) is 3.08. The van der Waals surface area contributed by atoms with Crippen LogP contribution in [-0.4, -0.2) is 53.7 Å². The summed E-state index contributed by atoms with van der Waals surface area (Å²) in [6, 6.07) is 0. The average molecular weight is 368 g/mol. The Morgan fingerprint density at radius 1 is 1.19 bits per heavy atom. The van der Waals surface area contributed by atoms with Gasteiger partial charge in [0.2, 0.25) is 17.7 Å². The van der Waals surface area contributed by atoms with Crippen LogP contribution < -0.4 is 5.32 Å². The Morgan fingerprint density at radius 2 is 1.81 bits per heavy atom. The van der Waals surface area contributed by atoms with Crippen LogP contribution in [0.2, 0.25) is 0 Å². The summed E-state index contributed by atoms with van der Waals surface area (Å²) < 4.78 is 5.71. The molecule has 26 heavy (non-hydrogen) atoms. The number of imide groups is 1. The van der Waals surface area contributed by atoms with Crippen LogP contribution in [0, 0.1) is 11.3 Å². The predicted octanol–water partition coefficient (Wildman–Crippen LogP) is 1.69. The lowest BCUT2D eigenvalue weighted by atomic mass is 9.89.